The van der Waals surface area contributed by atoms with E-state index in [1.165, 1.54) is 7.11 Å². The summed E-state index contributed by atoms with van der Waals surface area (Å²) < 4.78 is 9.85. The highest BCUT2D eigenvalue weighted by atomic mass is 16.5. The van der Waals surface area contributed by atoms with Gasteiger partial charge in [-0.2, -0.15) is 4.98 Å². The largest absolute Gasteiger partial charge is 0.479 e. The average molecular weight is 313 g/mol. The van der Waals surface area contributed by atoms with E-state index >= 15 is 0 Å². The Hall–Kier alpha value is -1.96. The van der Waals surface area contributed by atoms with Crippen LogP contribution >= 0.6 is 0 Å². The number of hydrogen-bond acceptors (Lipinski definition) is 6. The van der Waals surface area contributed by atoms with Crippen molar-refractivity contribution in [2.75, 3.05) is 13.7 Å². The van der Waals surface area contributed by atoms with E-state index in [0.717, 1.165) is 0 Å². The molecule has 1 unspecified atom stereocenters. The van der Waals surface area contributed by atoms with E-state index in [-0.39, 0.29) is 24.3 Å². The monoisotopic (exact) mass is 313 g/mol. The van der Waals surface area contributed by atoms with Crippen molar-refractivity contribution >= 4 is 11.9 Å². The molecular formula is C14H23N3O5. The quantitative estimate of drug-likeness (QED) is 0.733. The number of hydrogen-bond donors (Lipinski definition) is 2. The van der Waals surface area contributed by atoms with Crippen LogP contribution in [0, 0.1) is 0 Å². The minimum atomic E-state index is -1.11. The van der Waals surface area contributed by atoms with E-state index in [4.69, 9.17) is 14.4 Å². The third kappa shape index (κ3) is 5.80. The Morgan fingerprint density at radius 1 is 1.41 bits per heavy atom. The van der Waals surface area contributed by atoms with E-state index in [2.05, 4.69) is 15.5 Å². The van der Waals surface area contributed by atoms with Crippen molar-refractivity contribution in [3.8, 4) is 0 Å². The maximum absolute atomic E-state index is 11.6. The number of carbonyl (C=O) groups is 2. The summed E-state index contributed by atoms with van der Waals surface area (Å²) in [5.41, 5.74) is -0.175. The number of amides is 1. The maximum atomic E-state index is 11.6. The first-order valence-corrected chi connectivity index (χ1v) is 7.09. The number of methoxy groups -OCH3 is 1. The van der Waals surface area contributed by atoms with Crippen molar-refractivity contribution in [3.05, 3.63) is 11.7 Å². The number of rotatable bonds is 8. The smallest absolute Gasteiger partial charge is 0.334 e. The van der Waals surface area contributed by atoms with Crippen LogP contribution < -0.4 is 5.32 Å². The predicted molar refractivity (Wildman–Crippen MR) is 77.4 cm³/mol. The number of nitrogens with one attached hydrogen (secondary N) is 1. The van der Waals surface area contributed by atoms with Crippen LogP contribution in [-0.4, -0.2) is 46.9 Å². The number of aromatic nitrogens is 2. The molecule has 124 valence electrons. The first kappa shape index (κ1) is 18.1. The second-order valence-electron chi connectivity index (χ2n) is 5.98. The summed E-state index contributed by atoms with van der Waals surface area (Å²) >= 11 is 0. The molecule has 22 heavy (non-hydrogen) atoms. The Morgan fingerprint density at radius 2 is 2.09 bits per heavy atom. The molecule has 1 aromatic heterocycles. The molecular weight excluding hydrogens is 290 g/mol. The molecule has 1 rings (SSSR count). The fourth-order valence-electron chi connectivity index (χ4n) is 1.63. The highest BCUT2D eigenvalue weighted by molar-refractivity contribution is 5.78. The lowest BCUT2D eigenvalue weighted by molar-refractivity contribution is -0.148. The van der Waals surface area contributed by atoms with Crippen LogP contribution in [0.25, 0.3) is 0 Å². The predicted octanol–water partition coefficient (Wildman–Crippen LogP) is 0.906. The molecule has 0 spiro atoms. The summed E-state index contributed by atoms with van der Waals surface area (Å²) in [5.74, 6) is -0.211. The number of carbonyl (C=O) groups excluding carboxylic acids is 1. The SMILES string of the molecule is COC(CNC(=O)CCCc1nc(C(C)(C)C)no1)C(=O)O. The Bertz CT molecular complexity index is 507. The van der Waals surface area contributed by atoms with Crippen LogP contribution in [0.3, 0.4) is 0 Å². The number of aliphatic carboxylic acids is 1. The van der Waals surface area contributed by atoms with Gasteiger partial charge in [0.15, 0.2) is 11.9 Å². The highest BCUT2D eigenvalue weighted by Crippen LogP contribution is 2.18. The molecule has 1 atom stereocenters. The average Bonchev–Trinajstić information content (AvgIpc) is 2.88. The lowest BCUT2D eigenvalue weighted by atomic mass is 9.96. The number of carboxylic acid groups (broad SMARTS) is 1. The standard InChI is InChI=1S/C14H23N3O5/c1-14(2,3)13-16-11(22-17-13)7-5-6-10(18)15-8-9(21-4)12(19)20/h9H,5-8H2,1-4H3,(H,15,18)(H,19,20). The van der Waals surface area contributed by atoms with Crippen molar-refractivity contribution in [2.24, 2.45) is 0 Å². The Labute approximate surface area is 129 Å². The van der Waals surface area contributed by atoms with Crippen molar-refractivity contribution in [1.29, 1.82) is 0 Å². The van der Waals surface area contributed by atoms with Crippen molar-refractivity contribution in [3.63, 3.8) is 0 Å². The summed E-state index contributed by atoms with van der Waals surface area (Å²) in [6.45, 7) is 5.91. The van der Waals surface area contributed by atoms with Crippen LogP contribution in [0.15, 0.2) is 4.52 Å². The minimum absolute atomic E-state index is 0.0562. The third-order valence-electron chi connectivity index (χ3n) is 2.98. The fourth-order valence-corrected chi connectivity index (χ4v) is 1.63. The summed E-state index contributed by atoms with van der Waals surface area (Å²) in [6.07, 6.45) is 0.267. The number of nitrogens with zero attached hydrogens (tertiary/aromatic N) is 2. The van der Waals surface area contributed by atoms with Gasteiger partial charge >= 0.3 is 5.97 Å². The molecule has 0 saturated heterocycles. The Kier molecular flexibility index (Phi) is 6.48. The second-order valence-corrected chi connectivity index (χ2v) is 5.98. The maximum Gasteiger partial charge on any atom is 0.334 e. The van der Waals surface area contributed by atoms with Crippen LogP contribution in [0.5, 0.6) is 0 Å². The molecule has 0 aliphatic carbocycles. The molecule has 8 nitrogen and oxygen atoms in total. The normalized spacial score (nSPS) is 12.9. The van der Waals surface area contributed by atoms with Gasteiger partial charge < -0.3 is 19.7 Å². The molecule has 2 N–H and O–H groups in total. The molecule has 0 fully saturated rings. The molecule has 0 aliphatic rings. The molecule has 8 heteroatoms. The third-order valence-corrected chi connectivity index (χ3v) is 2.98. The molecule has 0 saturated carbocycles. The van der Waals surface area contributed by atoms with Gasteiger partial charge in [-0.1, -0.05) is 25.9 Å². The van der Waals surface area contributed by atoms with Crippen molar-refractivity contribution in [1.82, 2.24) is 15.5 Å². The van der Waals surface area contributed by atoms with Gasteiger partial charge in [0, 0.05) is 25.4 Å². The fraction of sp³-hybridized carbons (Fsp3) is 0.714. The van der Waals surface area contributed by atoms with E-state index in [1.54, 1.807) is 0 Å². The summed E-state index contributed by atoms with van der Waals surface area (Å²) in [5, 5.41) is 15.2. The van der Waals surface area contributed by atoms with Crippen LogP contribution in [0.2, 0.25) is 0 Å². The van der Waals surface area contributed by atoms with E-state index < -0.39 is 12.1 Å². The molecule has 1 heterocycles. The molecule has 0 aromatic carbocycles. The van der Waals surface area contributed by atoms with Gasteiger partial charge in [-0.05, 0) is 6.42 Å². The Balaban J connectivity index is 2.30. The van der Waals surface area contributed by atoms with Crippen molar-refractivity contribution < 1.29 is 24.0 Å². The van der Waals surface area contributed by atoms with Crippen molar-refractivity contribution in [2.45, 2.75) is 51.6 Å². The highest BCUT2D eigenvalue weighted by Gasteiger charge is 2.21. The molecule has 0 radical (unpaired) electrons. The molecule has 0 aliphatic heterocycles. The van der Waals surface area contributed by atoms with Gasteiger partial charge in [-0.3, -0.25) is 4.79 Å². The number of ether oxygens (including phenoxy) is 1. The lowest BCUT2D eigenvalue weighted by Gasteiger charge is -2.11. The van der Waals surface area contributed by atoms with Gasteiger partial charge in [0.05, 0.1) is 6.54 Å². The van der Waals surface area contributed by atoms with E-state index in [9.17, 15) is 9.59 Å². The van der Waals surface area contributed by atoms with Crippen LogP contribution in [0.4, 0.5) is 0 Å². The first-order valence-electron chi connectivity index (χ1n) is 7.09. The van der Waals surface area contributed by atoms with Crippen LogP contribution in [-0.2, 0) is 26.2 Å². The summed E-state index contributed by atoms with van der Waals surface area (Å²) in [6, 6.07) is 0. The number of aryl methyl sites for hydroxylation is 1. The number of carboxylic acids is 1. The topological polar surface area (TPSA) is 115 Å². The zero-order valence-corrected chi connectivity index (χ0v) is 13.4. The van der Waals surface area contributed by atoms with Gasteiger partial charge in [-0.25, -0.2) is 4.79 Å². The van der Waals surface area contributed by atoms with E-state index in [1.807, 2.05) is 20.8 Å². The van der Waals surface area contributed by atoms with E-state index in [0.29, 0.717) is 24.6 Å². The molecule has 1 aromatic rings. The second kappa shape index (κ2) is 7.88. The van der Waals surface area contributed by atoms with Gasteiger partial charge in [0.25, 0.3) is 0 Å². The zero-order chi connectivity index (χ0) is 16.8. The summed E-state index contributed by atoms with van der Waals surface area (Å²) in [4.78, 5) is 26.6. The van der Waals surface area contributed by atoms with Gasteiger partial charge in [0.2, 0.25) is 11.8 Å². The van der Waals surface area contributed by atoms with Gasteiger partial charge in [0.1, 0.15) is 0 Å². The molecule has 0 bridgehead atoms. The minimum Gasteiger partial charge on any atom is -0.479 e. The van der Waals surface area contributed by atoms with Gasteiger partial charge in [-0.15, -0.1) is 0 Å². The lowest BCUT2D eigenvalue weighted by Crippen LogP contribution is -2.37. The molecule has 1 amide bonds. The summed E-state index contributed by atoms with van der Waals surface area (Å²) in [7, 11) is 1.29. The first-order chi connectivity index (χ1) is 10.2. The Morgan fingerprint density at radius 3 is 2.59 bits per heavy atom. The van der Waals surface area contributed by atoms with Crippen LogP contribution in [0.1, 0.15) is 45.3 Å². The zero-order valence-electron chi connectivity index (χ0n) is 13.4.